The van der Waals surface area contributed by atoms with Gasteiger partial charge in [0, 0.05) is 22.8 Å². The first-order valence-electron chi connectivity index (χ1n) is 27.3. The van der Waals surface area contributed by atoms with Crippen LogP contribution in [-0.4, -0.2) is 34.7 Å². The lowest BCUT2D eigenvalue weighted by Gasteiger charge is -2.38. The molecule has 0 radical (unpaired) electrons. The van der Waals surface area contributed by atoms with Crippen molar-refractivity contribution in [1.29, 1.82) is 0 Å². The predicted octanol–water partition coefficient (Wildman–Crippen LogP) is 18.1. The van der Waals surface area contributed by atoms with Crippen molar-refractivity contribution in [2.24, 2.45) is 11.8 Å². The minimum absolute atomic E-state index is 0.0279. The average Bonchev–Trinajstić information content (AvgIpc) is 4.08. The Bertz CT molecular complexity index is 2090. The van der Waals surface area contributed by atoms with Gasteiger partial charge < -0.3 is 9.80 Å². The molecule has 2 aromatic heterocycles. The van der Waals surface area contributed by atoms with Crippen LogP contribution in [0.5, 0.6) is 0 Å². The van der Waals surface area contributed by atoms with E-state index in [1.165, 1.54) is 155 Å². The summed E-state index contributed by atoms with van der Waals surface area (Å²) in [6.07, 6.45) is 30.8. The molecule has 0 spiro atoms. The minimum atomic E-state index is -0.0279. The molecular weight excluding hydrogens is 845 g/mol. The van der Waals surface area contributed by atoms with Crippen molar-refractivity contribution in [3.05, 3.63) is 79.4 Å². The number of fused-ring (bicyclic) bond motifs is 2. The third-order valence-electron chi connectivity index (χ3n) is 15.1. The number of unbranched alkanes of at least 4 members (excludes halogenated alkanes) is 16. The quantitative estimate of drug-likeness (QED) is 0.0603. The molecular formula is C60H90N2O2S2. The molecule has 2 atom stereocenters. The highest BCUT2D eigenvalue weighted by Gasteiger charge is 2.50. The first kappa shape index (κ1) is 52.4. The Morgan fingerprint density at radius 2 is 0.939 bits per heavy atom. The maximum Gasteiger partial charge on any atom is 0.261 e. The zero-order chi connectivity index (χ0) is 47.3. The van der Waals surface area contributed by atoms with E-state index in [1.54, 1.807) is 22.7 Å². The van der Waals surface area contributed by atoms with E-state index in [-0.39, 0.29) is 22.6 Å². The fourth-order valence-electron chi connectivity index (χ4n) is 11.1. The van der Waals surface area contributed by atoms with Gasteiger partial charge in [-0.3, -0.25) is 9.59 Å². The van der Waals surface area contributed by atoms with Crippen molar-refractivity contribution in [1.82, 2.24) is 9.80 Å². The molecule has 0 bridgehead atoms. The number of hydrogen-bond acceptors (Lipinski definition) is 4. The predicted molar refractivity (Wildman–Crippen MR) is 287 cm³/mol. The van der Waals surface area contributed by atoms with Crippen LogP contribution < -0.4 is 0 Å². The maximum atomic E-state index is 15.7. The van der Waals surface area contributed by atoms with Crippen LogP contribution in [0.4, 0.5) is 0 Å². The third-order valence-corrected chi connectivity index (χ3v) is 17.8. The highest BCUT2D eigenvalue weighted by Crippen LogP contribution is 2.51. The summed E-state index contributed by atoms with van der Waals surface area (Å²) in [6, 6.07) is 16.0. The van der Waals surface area contributed by atoms with Gasteiger partial charge in [-0.1, -0.05) is 209 Å². The molecule has 2 unspecified atom stereocenters. The second-order valence-corrected chi connectivity index (χ2v) is 24.5. The first-order valence-corrected chi connectivity index (χ1v) is 28.9. The molecule has 2 aliphatic heterocycles. The first-order chi connectivity index (χ1) is 31.8. The van der Waals surface area contributed by atoms with Gasteiger partial charge >= 0.3 is 0 Å². The van der Waals surface area contributed by atoms with E-state index in [0.29, 0.717) is 36.1 Å². The van der Waals surface area contributed by atoms with Gasteiger partial charge in [-0.25, -0.2) is 0 Å². The van der Waals surface area contributed by atoms with Crippen molar-refractivity contribution in [3.8, 4) is 10.4 Å². The summed E-state index contributed by atoms with van der Waals surface area (Å²) in [5, 5.41) is 0. The second-order valence-electron chi connectivity index (χ2n) is 22.3. The van der Waals surface area contributed by atoms with Gasteiger partial charge in [-0.2, -0.15) is 0 Å². The molecule has 0 fully saturated rings. The zero-order valence-corrected chi connectivity index (χ0v) is 44.9. The van der Waals surface area contributed by atoms with Crippen molar-refractivity contribution >= 4 is 45.9 Å². The largest absolute Gasteiger partial charge is 0.306 e. The van der Waals surface area contributed by atoms with Gasteiger partial charge in [0.05, 0.1) is 32.3 Å². The van der Waals surface area contributed by atoms with Gasteiger partial charge in [0.1, 0.15) is 0 Å². The molecule has 3 aliphatic rings. The SMILES string of the molecule is CCCCCCCCC(CCCCCC)CN1C(=O)C2=C(c3ccc(C(C)(C)C)s3)N(CC(CCCCCC)CCCCCCCC)C(=O)C2=C1c1ccc(-c2ccc3c(c2)CC3(C)C)s1. The van der Waals surface area contributed by atoms with Crippen LogP contribution in [0.3, 0.4) is 0 Å². The molecule has 0 saturated carbocycles. The summed E-state index contributed by atoms with van der Waals surface area (Å²) in [5.41, 5.74) is 7.46. The molecule has 6 rings (SSSR count). The van der Waals surface area contributed by atoms with Crippen LogP contribution in [0.2, 0.25) is 0 Å². The lowest BCUT2D eigenvalue weighted by Crippen LogP contribution is -2.34. The molecule has 1 aromatic carbocycles. The Hall–Kier alpha value is -2.96. The maximum absolute atomic E-state index is 15.7. The van der Waals surface area contributed by atoms with Crippen LogP contribution >= 0.6 is 22.7 Å². The topological polar surface area (TPSA) is 40.6 Å². The third kappa shape index (κ3) is 13.2. The molecule has 66 heavy (non-hydrogen) atoms. The number of carbonyl (C=O) groups excluding carboxylic acids is 2. The number of amides is 2. The summed E-state index contributed by atoms with van der Waals surface area (Å²) in [7, 11) is 0. The molecule has 1 aliphatic carbocycles. The molecule has 4 heterocycles. The van der Waals surface area contributed by atoms with Crippen LogP contribution in [0.1, 0.15) is 242 Å². The summed E-state index contributed by atoms with van der Waals surface area (Å²) in [4.78, 5) is 40.3. The van der Waals surface area contributed by atoms with Crippen LogP contribution in [0.25, 0.3) is 21.8 Å². The number of thiophene rings is 2. The fraction of sp³-hybridized carbons (Fsp3) is 0.667. The average molecular weight is 936 g/mol. The van der Waals surface area contributed by atoms with Crippen molar-refractivity contribution in [2.75, 3.05) is 13.1 Å². The monoisotopic (exact) mass is 935 g/mol. The number of rotatable bonds is 31. The fourth-order valence-corrected chi connectivity index (χ4v) is 13.3. The molecule has 0 N–H and O–H groups in total. The van der Waals surface area contributed by atoms with E-state index >= 15 is 9.59 Å². The Morgan fingerprint density at radius 3 is 1.36 bits per heavy atom. The van der Waals surface area contributed by atoms with Crippen molar-refractivity contribution in [2.45, 2.75) is 234 Å². The molecule has 4 nitrogen and oxygen atoms in total. The lowest BCUT2D eigenvalue weighted by atomic mass is 9.66. The van der Waals surface area contributed by atoms with Gasteiger partial charge in [-0.15, -0.1) is 22.7 Å². The minimum Gasteiger partial charge on any atom is -0.306 e. The van der Waals surface area contributed by atoms with Gasteiger partial charge in [0.2, 0.25) is 0 Å². The second kappa shape index (κ2) is 25.1. The standard InChI is InChI=1S/C60H90N2O2S2/c1-10-14-18-22-24-28-32-44(30-26-20-16-12-3)42-61-55(50-37-36-49(65-50)46-34-35-48-47(40-46)41-60(48,8)9)53-54(58(61)64)56(51-38-39-52(66-51)59(5,6)7)62(57(53)63)43-45(31-27-21-17-13-4)33-29-25-23-19-15-11-2/h34-40,44-45H,10-33,41-43H2,1-9H3. The van der Waals surface area contributed by atoms with Crippen molar-refractivity contribution < 1.29 is 9.59 Å². The highest BCUT2D eigenvalue weighted by molar-refractivity contribution is 7.16. The normalized spacial score (nSPS) is 16.7. The Morgan fingerprint density at radius 1 is 0.530 bits per heavy atom. The Labute approximate surface area is 411 Å². The number of hydrogen-bond donors (Lipinski definition) is 0. The number of carbonyl (C=O) groups is 2. The van der Waals surface area contributed by atoms with E-state index < -0.39 is 0 Å². The highest BCUT2D eigenvalue weighted by atomic mass is 32.1. The zero-order valence-electron chi connectivity index (χ0n) is 43.3. The van der Waals surface area contributed by atoms with E-state index in [2.05, 4.69) is 115 Å². The molecule has 2 amide bonds. The molecule has 0 saturated heterocycles. The van der Waals surface area contributed by atoms with Crippen LogP contribution in [-0.2, 0) is 26.8 Å². The van der Waals surface area contributed by atoms with Crippen LogP contribution in [0.15, 0.2) is 53.6 Å². The molecule has 3 aromatic rings. The summed E-state index contributed by atoms with van der Waals surface area (Å²) in [5.74, 6) is 0.900. The van der Waals surface area contributed by atoms with Gasteiger partial charge in [0.15, 0.2) is 0 Å². The van der Waals surface area contributed by atoms with E-state index in [1.807, 2.05) is 0 Å². The summed E-state index contributed by atoms with van der Waals surface area (Å²) in [6.45, 7) is 22.0. The molecule has 6 heteroatoms. The number of benzene rings is 1. The number of nitrogens with zero attached hydrogens (tertiary/aromatic N) is 2. The van der Waals surface area contributed by atoms with Gasteiger partial charge in [-0.05, 0) is 95.7 Å². The Kier molecular flexibility index (Phi) is 19.9. The van der Waals surface area contributed by atoms with E-state index in [0.717, 1.165) is 53.3 Å². The summed E-state index contributed by atoms with van der Waals surface area (Å²) < 4.78 is 0. The molecule has 364 valence electrons. The van der Waals surface area contributed by atoms with Gasteiger partial charge in [0.25, 0.3) is 11.8 Å². The summed E-state index contributed by atoms with van der Waals surface area (Å²) >= 11 is 3.56. The smallest absolute Gasteiger partial charge is 0.261 e. The van der Waals surface area contributed by atoms with Crippen molar-refractivity contribution in [3.63, 3.8) is 0 Å². The van der Waals surface area contributed by atoms with E-state index in [9.17, 15) is 0 Å². The van der Waals surface area contributed by atoms with E-state index in [4.69, 9.17) is 0 Å². The lowest BCUT2D eigenvalue weighted by molar-refractivity contribution is -0.124. The van der Waals surface area contributed by atoms with Crippen LogP contribution in [0, 0.1) is 11.8 Å². The Balaban J connectivity index is 1.43.